The van der Waals surface area contributed by atoms with Crippen molar-refractivity contribution in [3.8, 4) is 0 Å². The molecule has 0 saturated carbocycles. The van der Waals surface area contributed by atoms with Crippen LogP contribution in [0, 0.1) is 0 Å². The summed E-state index contributed by atoms with van der Waals surface area (Å²) in [5.74, 6) is 0. The molecule has 3 aromatic rings. The molecule has 2 nitrogen and oxygen atoms in total. The van der Waals surface area contributed by atoms with Crippen LogP contribution in [-0.4, -0.2) is 43.9 Å². The zero-order valence-electron chi connectivity index (χ0n) is 15.6. The Morgan fingerprint density at radius 2 is 1.50 bits per heavy atom. The minimum absolute atomic E-state index is 0.105. The van der Waals surface area contributed by atoms with Crippen molar-refractivity contribution in [3.05, 3.63) is 102 Å². The van der Waals surface area contributed by atoms with Gasteiger partial charge in [0.25, 0.3) is 0 Å². The third-order valence-electron chi connectivity index (χ3n) is 5.53. The molecule has 0 spiro atoms. The number of hydrogen-bond acceptors (Lipinski definition) is 2. The zero-order valence-corrected chi connectivity index (χ0v) is 19.9. The second kappa shape index (κ2) is 7.13. The van der Waals surface area contributed by atoms with E-state index in [4.69, 9.17) is 5.10 Å². The first-order valence-electron chi connectivity index (χ1n) is 9.45. The summed E-state index contributed by atoms with van der Waals surface area (Å²) < 4.78 is 3.89. The molecule has 3 atom stereocenters. The van der Waals surface area contributed by atoms with E-state index in [2.05, 4.69) is 118 Å². The van der Waals surface area contributed by atoms with Crippen molar-refractivity contribution in [1.82, 2.24) is 4.78 Å². The predicted octanol–water partition coefficient (Wildman–Crippen LogP) is 4.57. The molecule has 1 fully saturated rings. The maximum atomic E-state index is 5.29. The topological polar surface area (TPSA) is 15.6 Å². The van der Waals surface area contributed by atoms with E-state index >= 15 is 0 Å². The van der Waals surface area contributed by atoms with Gasteiger partial charge >= 0.3 is 181 Å². The SMILES string of the molecule is C[C@]12C[C@@H](c3ccccc3)[P@](=[Se])(c3ccccc3)N1N=C(c1ccccc1)[Se]2. The van der Waals surface area contributed by atoms with Gasteiger partial charge in [0.15, 0.2) is 0 Å². The Morgan fingerprint density at radius 3 is 2.14 bits per heavy atom. The number of benzene rings is 3. The zero-order chi connectivity index (χ0) is 19.2. The average Bonchev–Trinajstić information content (AvgIpc) is 3.21. The average molecular weight is 514 g/mol. The van der Waals surface area contributed by atoms with Gasteiger partial charge in [-0.05, 0) is 0 Å². The van der Waals surface area contributed by atoms with Crippen LogP contribution < -0.4 is 5.30 Å². The first-order valence-corrected chi connectivity index (χ1v) is 15.2. The Morgan fingerprint density at radius 1 is 0.929 bits per heavy atom. The fraction of sp³-hybridized carbons (Fsp3) is 0.174. The first kappa shape index (κ1) is 18.6. The second-order valence-corrected chi connectivity index (χ2v) is 16.8. The summed E-state index contributed by atoms with van der Waals surface area (Å²) in [7, 11) is 0. The van der Waals surface area contributed by atoms with Gasteiger partial charge in [0.1, 0.15) is 0 Å². The molecule has 2 aliphatic heterocycles. The third kappa shape index (κ3) is 2.91. The standard InChI is InChI=1S/C23H21N2PSe2/c1-23-17-21(18-11-5-2-6-12-18)26(27,20-15-9-4-10-16-20)25(23)24-22(28-23)19-13-7-3-8-14-19/h2-16,21H,17H2,1H3/t21-,23-,26+/m0/s1. The number of rotatable bonds is 3. The first-order chi connectivity index (χ1) is 13.6. The summed E-state index contributed by atoms with van der Waals surface area (Å²) in [6.07, 6.45) is 1.15. The number of nitrogens with zero attached hydrogens (tertiary/aromatic N) is 2. The van der Waals surface area contributed by atoms with Crippen LogP contribution in [0.15, 0.2) is 96.1 Å². The monoisotopic (exact) mass is 516 g/mol. The molecule has 0 unspecified atom stereocenters. The molecule has 0 bridgehead atoms. The summed E-state index contributed by atoms with van der Waals surface area (Å²) in [6, 6.07) is 32.7. The van der Waals surface area contributed by atoms with E-state index in [1.807, 2.05) is 0 Å². The van der Waals surface area contributed by atoms with Gasteiger partial charge < -0.3 is 0 Å². The molecule has 0 aromatic heterocycles. The number of hydrazone groups is 1. The quantitative estimate of drug-likeness (QED) is 0.370. The van der Waals surface area contributed by atoms with E-state index in [1.165, 1.54) is 21.0 Å². The fourth-order valence-corrected chi connectivity index (χ4v) is 15.8. The van der Waals surface area contributed by atoms with Crippen LogP contribution >= 0.6 is 5.66 Å². The van der Waals surface area contributed by atoms with E-state index in [9.17, 15) is 0 Å². The molecule has 2 heterocycles. The summed E-state index contributed by atoms with van der Waals surface area (Å²) in [5.41, 5.74) is 1.39. The van der Waals surface area contributed by atoms with Gasteiger partial charge in [-0.3, -0.25) is 0 Å². The molecule has 1 saturated heterocycles. The molecule has 0 amide bonds. The molecule has 0 radical (unpaired) electrons. The summed E-state index contributed by atoms with van der Waals surface area (Å²) in [4.78, 5) is 0. The van der Waals surface area contributed by atoms with Crippen LogP contribution in [0.4, 0.5) is 0 Å². The van der Waals surface area contributed by atoms with Crippen LogP contribution in [0.3, 0.4) is 0 Å². The fourth-order valence-electron chi connectivity index (χ4n) is 4.20. The Hall–Kier alpha value is -1.40. The Bertz CT molecular complexity index is 1070. The Balaban J connectivity index is 1.67. The van der Waals surface area contributed by atoms with Crippen molar-refractivity contribution in [3.63, 3.8) is 0 Å². The van der Waals surface area contributed by atoms with E-state index in [0.717, 1.165) is 6.42 Å². The molecule has 0 N–H and O–H groups in total. The second-order valence-electron chi connectivity index (χ2n) is 7.43. The molecule has 5 rings (SSSR count). The predicted molar refractivity (Wildman–Crippen MR) is 122 cm³/mol. The molecular formula is C23H21N2PSe2. The molecular weight excluding hydrogens is 493 g/mol. The van der Waals surface area contributed by atoms with Gasteiger partial charge in [0.05, 0.1) is 0 Å². The Labute approximate surface area is 180 Å². The van der Waals surface area contributed by atoms with Crippen molar-refractivity contribution in [2.45, 2.75) is 23.4 Å². The van der Waals surface area contributed by atoms with E-state index in [1.54, 1.807) is 0 Å². The number of fused-ring (bicyclic) bond motifs is 1. The molecule has 5 heteroatoms. The molecule has 2 aliphatic rings. The van der Waals surface area contributed by atoms with E-state index in [-0.39, 0.29) is 4.44 Å². The van der Waals surface area contributed by atoms with Crippen LogP contribution in [-0.2, 0) is 0 Å². The van der Waals surface area contributed by atoms with Crippen molar-refractivity contribution < 1.29 is 0 Å². The normalized spacial score (nSPS) is 28.8. The van der Waals surface area contributed by atoms with Gasteiger partial charge in [-0.15, -0.1) is 0 Å². The van der Waals surface area contributed by atoms with Crippen LogP contribution in [0.2, 0.25) is 0 Å². The number of hydrogen-bond donors (Lipinski definition) is 0. The summed E-state index contributed by atoms with van der Waals surface area (Å²) in [5, 5.41) is 6.70. The van der Waals surface area contributed by atoms with E-state index in [0.29, 0.717) is 20.6 Å². The molecule has 0 aliphatic carbocycles. The van der Waals surface area contributed by atoms with E-state index < -0.39 is 5.66 Å². The summed E-state index contributed by atoms with van der Waals surface area (Å²) in [6.45, 7) is 2.42. The molecule has 140 valence electrons. The Kier molecular flexibility index (Phi) is 4.74. The van der Waals surface area contributed by atoms with Crippen LogP contribution in [0.25, 0.3) is 0 Å². The van der Waals surface area contributed by atoms with Gasteiger partial charge in [0, 0.05) is 0 Å². The van der Waals surface area contributed by atoms with Crippen molar-refractivity contribution in [1.29, 1.82) is 0 Å². The van der Waals surface area contributed by atoms with Crippen LogP contribution in [0.5, 0.6) is 0 Å². The van der Waals surface area contributed by atoms with Crippen molar-refractivity contribution in [2.24, 2.45) is 5.10 Å². The van der Waals surface area contributed by atoms with Crippen LogP contribution in [0.1, 0.15) is 30.1 Å². The van der Waals surface area contributed by atoms with Gasteiger partial charge in [-0.2, -0.15) is 0 Å². The molecule has 3 aromatic carbocycles. The van der Waals surface area contributed by atoms with Crippen molar-refractivity contribution in [2.75, 3.05) is 0 Å². The minimum atomic E-state index is -1.79. The van der Waals surface area contributed by atoms with Crippen molar-refractivity contribution >= 4 is 45.6 Å². The molecule has 28 heavy (non-hydrogen) atoms. The van der Waals surface area contributed by atoms with Gasteiger partial charge in [-0.25, -0.2) is 0 Å². The third-order valence-corrected chi connectivity index (χ3v) is 15.9. The maximum absolute atomic E-state index is 5.29. The van der Waals surface area contributed by atoms with Gasteiger partial charge in [-0.1, -0.05) is 0 Å². The summed E-state index contributed by atoms with van der Waals surface area (Å²) >= 11 is 4.03. The van der Waals surface area contributed by atoms with Gasteiger partial charge in [0.2, 0.25) is 0 Å².